The van der Waals surface area contributed by atoms with E-state index in [1.165, 1.54) is 12.1 Å². The van der Waals surface area contributed by atoms with E-state index in [4.69, 9.17) is 52.1 Å². The van der Waals surface area contributed by atoms with Gasteiger partial charge < -0.3 is 21.1 Å². The van der Waals surface area contributed by atoms with E-state index in [2.05, 4.69) is 16.0 Å². The molecule has 0 saturated carbocycles. The number of hydrogen-bond acceptors (Lipinski definition) is 3. The van der Waals surface area contributed by atoms with E-state index in [1.807, 2.05) is 13.8 Å². The highest BCUT2D eigenvalue weighted by molar-refractivity contribution is 7.80. The zero-order valence-electron chi connectivity index (χ0n) is 13.5. The van der Waals surface area contributed by atoms with Gasteiger partial charge in [-0.2, -0.15) is 0 Å². The molecule has 0 aliphatic heterocycles. The highest BCUT2D eigenvalue weighted by Crippen LogP contribution is 2.29. The number of hydrogen-bond donors (Lipinski definition) is 4. The Hall–Kier alpha value is -1.28. The van der Waals surface area contributed by atoms with Gasteiger partial charge in [0.05, 0.1) is 5.56 Å². The van der Waals surface area contributed by atoms with Gasteiger partial charge in [0, 0.05) is 12.1 Å². The summed E-state index contributed by atoms with van der Waals surface area (Å²) < 4.78 is -1.85. The zero-order chi connectivity index (χ0) is 19.2. The van der Waals surface area contributed by atoms with Crippen LogP contribution in [0.5, 0.6) is 0 Å². The lowest BCUT2D eigenvalue weighted by molar-refractivity contribution is -0.122. The molecule has 0 radical (unpaired) electrons. The fourth-order valence-electron chi connectivity index (χ4n) is 1.82. The number of aromatic carboxylic acids is 1. The third kappa shape index (κ3) is 8.09. The van der Waals surface area contributed by atoms with Gasteiger partial charge in [-0.3, -0.25) is 4.79 Å². The summed E-state index contributed by atoms with van der Waals surface area (Å²) in [5, 5.41) is 17.1. The van der Waals surface area contributed by atoms with E-state index in [-0.39, 0.29) is 28.9 Å². The van der Waals surface area contributed by atoms with Crippen molar-refractivity contribution in [2.24, 2.45) is 5.92 Å². The number of amides is 1. The number of carboxylic acid groups (broad SMARTS) is 1. The van der Waals surface area contributed by atoms with Crippen LogP contribution in [0, 0.1) is 5.92 Å². The minimum Gasteiger partial charge on any atom is -0.478 e. The number of nitrogens with one attached hydrogen (secondary N) is 3. The molecule has 0 aliphatic rings. The maximum absolute atomic E-state index is 11.9. The summed E-state index contributed by atoms with van der Waals surface area (Å²) in [6, 6.07) is 6.03. The normalized spacial score (nSPS) is 12.4. The summed E-state index contributed by atoms with van der Waals surface area (Å²) in [6.07, 6.45) is -0.800. The molecule has 0 saturated heterocycles. The topological polar surface area (TPSA) is 90.5 Å². The fraction of sp³-hybridized carbons (Fsp3) is 0.400. The molecule has 0 spiro atoms. The first-order valence-corrected chi connectivity index (χ1v) is 8.80. The van der Waals surface area contributed by atoms with Crippen molar-refractivity contribution in [1.29, 1.82) is 0 Å². The minimum absolute atomic E-state index is 0.0590. The molecule has 0 aromatic heterocycles. The Kier molecular flexibility index (Phi) is 8.21. The van der Waals surface area contributed by atoms with Crippen LogP contribution in [0.1, 0.15) is 30.6 Å². The molecule has 1 unspecified atom stereocenters. The van der Waals surface area contributed by atoms with E-state index in [1.54, 1.807) is 12.1 Å². The third-order valence-corrected chi connectivity index (χ3v) is 3.74. The summed E-state index contributed by atoms with van der Waals surface area (Å²) in [4.78, 5) is 22.9. The quantitative estimate of drug-likeness (QED) is 0.316. The summed E-state index contributed by atoms with van der Waals surface area (Å²) >= 11 is 22.8. The Bertz CT molecular complexity index is 650. The molecule has 138 valence electrons. The van der Waals surface area contributed by atoms with Crippen molar-refractivity contribution in [2.75, 3.05) is 5.32 Å². The van der Waals surface area contributed by atoms with Crippen molar-refractivity contribution >= 4 is 69.7 Å². The van der Waals surface area contributed by atoms with Gasteiger partial charge in [-0.25, -0.2) is 4.79 Å². The lowest BCUT2D eigenvalue weighted by atomic mass is 10.1. The second-order valence-corrected chi connectivity index (χ2v) is 8.40. The molecule has 0 fully saturated rings. The van der Waals surface area contributed by atoms with Crippen molar-refractivity contribution in [3.8, 4) is 0 Å². The van der Waals surface area contributed by atoms with Gasteiger partial charge in [0.2, 0.25) is 9.70 Å². The van der Waals surface area contributed by atoms with E-state index >= 15 is 0 Å². The predicted molar refractivity (Wildman–Crippen MR) is 104 cm³/mol. The van der Waals surface area contributed by atoms with Crippen LogP contribution >= 0.6 is 47.0 Å². The molecule has 0 aliphatic carbocycles. The molecule has 1 atom stereocenters. The molecular weight excluding hydrogens is 409 g/mol. The van der Waals surface area contributed by atoms with Gasteiger partial charge >= 0.3 is 5.97 Å². The van der Waals surface area contributed by atoms with Gasteiger partial charge in [-0.1, -0.05) is 54.7 Å². The van der Waals surface area contributed by atoms with Crippen molar-refractivity contribution < 1.29 is 14.7 Å². The number of alkyl halides is 3. The minimum atomic E-state index is -1.85. The number of halogens is 3. The first-order valence-electron chi connectivity index (χ1n) is 7.26. The number of carbonyl (C=O) groups is 2. The first kappa shape index (κ1) is 21.8. The van der Waals surface area contributed by atoms with E-state index in [0.29, 0.717) is 5.69 Å². The van der Waals surface area contributed by atoms with Crippen LogP contribution in [0.2, 0.25) is 0 Å². The Morgan fingerprint density at radius 1 is 1.24 bits per heavy atom. The predicted octanol–water partition coefficient (Wildman–Crippen LogP) is 3.53. The van der Waals surface area contributed by atoms with E-state index in [0.717, 1.165) is 0 Å². The van der Waals surface area contributed by atoms with Crippen molar-refractivity contribution in [1.82, 2.24) is 10.6 Å². The van der Waals surface area contributed by atoms with E-state index < -0.39 is 15.9 Å². The fourth-order valence-corrected chi connectivity index (χ4v) is 2.38. The first-order chi connectivity index (χ1) is 11.5. The summed E-state index contributed by atoms with van der Waals surface area (Å²) in [5.41, 5.74) is 0.532. The number of thiocarbonyl (C=S) groups is 1. The van der Waals surface area contributed by atoms with Gasteiger partial charge in [0.1, 0.15) is 6.17 Å². The van der Waals surface area contributed by atoms with Gasteiger partial charge in [-0.05, 0) is 36.3 Å². The molecule has 1 rings (SSSR count). The monoisotopic (exact) mass is 425 g/mol. The van der Waals surface area contributed by atoms with Gasteiger partial charge in [0.15, 0.2) is 5.11 Å². The van der Waals surface area contributed by atoms with E-state index in [9.17, 15) is 9.59 Å². The largest absolute Gasteiger partial charge is 0.478 e. The van der Waals surface area contributed by atoms with Crippen LogP contribution in [0.4, 0.5) is 5.69 Å². The van der Waals surface area contributed by atoms with Crippen LogP contribution in [0.25, 0.3) is 0 Å². The maximum Gasteiger partial charge on any atom is 0.335 e. The Labute approximate surface area is 166 Å². The van der Waals surface area contributed by atoms with Crippen LogP contribution in [-0.4, -0.2) is 32.1 Å². The van der Waals surface area contributed by atoms with Crippen LogP contribution < -0.4 is 16.0 Å². The Morgan fingerprint density at radius 3 is 2.40 bits per heavy atom. The number of benzene rings is 1. The van der Waals surface area contributed by atoms with Crippen LogP contribution in [0.3, 0.4) is 0 Å². The van der Waals surface area contributed by atoms with Crippen molar-refractivity contribution in [3.63, 3.8) is 0 Å². The highest BCUT2D eigenvalue weighted by Gasteiger charge is 2.34. The van der Waals surface area contributed by atoms with Gasteiger partial charge in [-0.15, -0.1) is 0 Å². The standard InChI is InChI=1S/C15H18Cl3N3O3S/c1-8(2)6-11(22)20-13(15(16,17)18)21-14(25)19-10-5-3-4-9(7-10)12(23)24/h3-5,7-8,13H,6H2,1-2H3,(H,20,22)(H,23,24)(H2,19,21,25). The number of carbonyl (C=O) groups excluding carboxylic acids is 1. The molecule has 0 bridgehead atoms. The average Bonchev–Trinajstić information content (AvgIpc) is 2.44. The molecule has 6 nitrogen and oxygen atoms in total. The Balaban J connectivity index is 2.77. The number of anilines is 1. The summed E-state index contributed by atoms with van der Waals surface area (Å²) in [5.74, 6) is -1.22. The summed E-state index contributed by atoms with van der Waals surface area (Å²) in [6.45, 7) is 3.78. The molecule has 10 heteroatoms. The van der Waals surface area contributed by atoms with Crippen LogP contribution in [0.15, 0.2) is 24.3 Å². The van der Waals surface area contributed by atoms with Gasteiger partial charge in [0.25, 0.3) is 0 Å². The third-order valence-electron chi connectivity index (χ3n) is 2.87. The summed E-state index contributed by atoms with van der Waals surface area (Å²) in [7, 11) is 0. The average molecular weight is 427 g/mol. The molecule has 1 aromatic rings. The lowest BCUT2D eigenvalue weighted by Crippen LogP contribution is -2.56. The smallest absolute Gasteiger partial charge is 0.335 e. The molecule has 1 amide bonds. The lowest BCUT2D eigenvalue weighted by Gasteiger charge is -2.28. The molecular formula is C15H18Cl3N3O3S. The van der Waals surface area contributed by atoms with Crippen molar-refractivity contribution in [2.45, 2.75) is 30.2 Å². The molecule has 1 aromatic carbocycles. The highest BCUT2D eigenvalue weighted by atomic mass is 35.6. The number of rotatable bonds is 6. The SMILES string of the molecule is CC(C)CC(=O)NC(NC(=S)Nc1cccc(C(=O)O)c1)C(Cl)(Cl)Cl. The second-order valence-electron chi connectivity index (χ2n) is 5.62. The molecule has 0 heterocycles. The zero-order valence-corrected chi connectivity index (χ0v) is 16.6. The number of carboxylic acids is 1. The molecule has 25 heavy (non-hydrogen) atoms. The van der Waals surface area contributed by atoms with Crippen molar-refractivity contribution in [3.05, 3.63) is 29.8 Å². The Morgan fingerprint density at radius 2 is 1.88 bits per heavy atom. The second kappa shape index (κ2) is 9.43. The molecule has 4 N–H and O–H groups in total. The van der Waals surface area contributed by atoms with Crippen LogP contribution in [-0.2, 0) is 4.79 Å². The maximum atomic E-state index is 11.9.